The van der Waals surface area contributed by atoms with Crippen molar-refractivity contribution in [1.82, 2.24) is 34.2 Å². The summed E-state index contributed by atoms with van der Waals surface area (Å²) in [6.45, 7) is 5.13. The molecule has 0 aliphatic rings. The van der Waals surface area contributed by atoms with Crippen molar-refractivity contribution in [2.24, 2.45) is 0 Å². The summed E-state index contributed by atoms with van der Waals surface area (Å²) in [6.07, 6.45) is 6.74. The minimum absolute atomic E-state index is 0.264. The zero-order valence-electron chi connectivity index (χ0n) is 15.8. The number of hydrogen-bond acceptors (Lipinski definition) is 6. The zero-order chi connectivity index (χ0) is 19.7. The minimum atomic E-state index is -0.339. The Morgan fingerprint density at radius 3 is 2.89 bits per heavy atom. The van der Waals surface area contributed by atoms with Crippen LogP contribution in [0.25, 0.3) is 16.9 Å². The molecule has 0 spiro atoms. The zero-order valence-corrected chi connectivity index (χ0v) is 15.8. The van der Waals surface area contributed by atoms with Crippen molar-refractivity contribution in [3.8, 4) is 11.3 Å². The highest BCUT2D eigenvalue weighted by molar-refractivity contribution is 6.03. The number of ether oxygens (including phenoxy) is 1. The molecule has 144 valence electrons. The molecule has 4 aromatic heterocycles. The van der Waals surface area contributed by atoms with Crippen LogP contribution in [0.15, 0.2) is 36.9 Å². The maximum Gasteiger partial charge on any atom is 0.276 e. The number of aromatic nitrogens is 7. The maximum absolute atomic E-state index is 12.6. The van der Waals surface area contributed by atoms with Gasteiger partial charge in [-0.3, -0.25) is 9.48 Å². The van der Waals surface area contributed by atoms with E-state index in [1.165, 1.54) is 0 Å². The average molecular weight is 380 g/mol. The molecule has 4 rings (SSSR count). The average Bonchev–Trinajstić information content (AvgIpc) is 3.40. The Balaban J connectivity index is 1.65. The Labute approximate surface area is 160 Å². The second-order valence-corrected chi connectivity index (χ2v) is 6.23. The van der Waals surface area contributed by atoms with Crippen LogP contribution in [0.3, 0.4) is 0 Å². The number of aryl methyl sites for hydroxylation is 1. The van der Waals surface area contributed by atoms with Crippen LogP contribution in [0.5, 0.6) is 0 Å². The van der Waals surface area contributed by atoms with Crippen molar-refractivity contribution in [3.63, 3.8) is 0 Å². The second-order valence-electron chi connectivity index (χ2n) is 6.23. The highest BCUT2D eigenvalue weighted by Crippen LogP contribution is 2.23. The lowest BCUT2D eigenvalue weighted by atomic mass is 10.2. The van der Waals surface area contributed by atoms with E-state index in [4.69, 9.17) is 4.74 Å². The third-order valence-corrected chi connectivity index (χ3v) is 4.42. The number of carbonyl (C=O) groups excluding carboxylic acids is 1. The topological polar surface area (TPSA) is 104 Å². The molecule has 0 aliphatic heterocycles. The van der Waals surface area contributed by atoms with E-state index in [-0.39, 0.29) is 11.6 Å². The quantitative estimate of drug-likeness (QED) is 0.548. The van der Waals surface area contributed by atoms with Crippen LogP contribution in [0.2, 0.25) is 0 Å². The number of nitrogens with zero attached hydrogens (tertiary/aromatic N) is 7. The largest absolute Gasteiger partial charge is 0.362 e. The Hall–Kier alpha value is -3.53. The number of anilines is 1. The van der Waals surface area contributed by atoms with Gasteiger partial charge in [-0.1, -0.05) is 0 Å². The van der Waals surface area contributed by atoms with E-state index in [9.17, 15) is 4.79 Å². The molecule has 0 fully saturated rings. The fourth-order valence-electron chi connectivity index (χ4n) is 3.05. The number of carbonyl (C=O) groups is 1. The predicted octanol–water partition coefficient (Wildman–Crippen LogP) is 1.97. The fourth-order valence-corrected chi connectivity index (χ4v) is 3.05. The number of nitrogens with one attached hydrogen (secondary N) is 1. The molecule has 4 heterocycles. The molecule has 1 amide bonds. The summed E-state index contributed by atoms with van der Waals surface area (Å²) in [5.41, 5.74) is 4.22. The lowest BCUT2D eigenvalue weighted by Gasteiger charge is -2.04. The SMILES string of the molecule is CCn1ncc(-c2ccnc3cc(C(=O)Nc4cnn(COC)c4)nn23)c1C. The second kappa shape index (κ2) is 7.24. The fraction of sp³-hybridized carbons (Fsp3) is 0.278. The van der Waals surface area contributed by atoms with Crippen molar-refractivity contribution < 1.29 is 9.53 Å². The molecule has 0 atom stereocenters. The van der Waals surface area contributed by atoms with Crippen molar-refractivity contribution in [2.75, 3.05) is 12.4 Å². The van der Waals surface area contributed by atoms with Crippen LogP contribution in [0.4, 0.5) is 5.69 Å². The van der Waals surface area contributed by atoms with E-state index in [2.05, 4.69) is 25.6 Å². The van der Waals surface area contributed by atoms with Gasteiger partial charge in [-0.25, -0.2) is 14.2 Å². The standard InChI is InChI=1S/C18H20N8O2/c1-4-25-12(2)14(9-21-25)16-5-6-19-17-7-15(23-26(16)17)18(27)22-13-8-20-24(10-13)11-28-3/h5-10H,4,11H2,1-3H3,(H,22,27). The van der Waals surface area contributed by atoms with E-state index < -0.39 is 0 Å². The summed E-state index contributed by atoms with van der Waals surface area (Å²) in [5.74, 6) is -0.339. The van der Waals surface area contributed by atoms with E-state index in [1.54, 1.807) is 47.2 Å². The highest BCUT2D eigenvalue weighted by Gasteiger charge is 2.17. The molecule has 0 saturated heterocycles. The molecule has 0 bridgehead atoms. The first-order chi connectivity index (χ1) is 13.6. The molecule has 0 unspecified atom stereocenters. The van der Waals surface area contributed by atoms with Crippen molar-refractivity contribution in [3.05, 3.63) is 48.3 Å². The molecule has 0 aliphatic carbocycles. The Morgan fingerprint density at radius 1 is 1.29 bits per heavy atom. The van der Waals surface area contributed by atoms with E-state index in [1.807, 2.05) is 24.6 Å². The van der Waals surface area contributed by atoms with Gasteiger partial charge in [0.15, 0.2) is 11.3 Å². The van der Waals surface area contributed by atoms with Gasteiger partial charge >= 0.3 is 0 Å². The number of hydrogen-bond donors (Lipinski definition) is 1. The number of rotatable bonds is 6. The number of methoxy groups -OCH3 is 1. The summed E-state index contributed by atoms with van der Waals surface area (Å²) < 4.78 is 10.2. The van der Waals surface area contributed by atoms with Crippen molar-refractivity contribution >= 4 is 17.2 Å². The predicted molar refractivity (Wildman–Crippen MR) is 102 cm³/mol. The molecular weight excluding hydrogens is 360 g/mol. The molecular formula is C18H20N8O2. The van der Waals surface area contributed by atoms with Crippen LogP contribution in [-0.4, -0.2) is 47.2 Å². The van der Waals surface area contributed by atoms with Crippen LogP contribution in [-0.2, 0) is 18.0 Å². The summed E-state index contributed by atoms with van der Waals surface area (Å²) in [5, 5.41) is 15.7. The van der Waals surface area contributed by atoms with Gasteiger partial charge < -0.3 is 10.1 Å². The van der Waals surface area contributed by atoms with Gasteiger partial charge in [0, 0.05) is 37.2 Å². The van der Waals surface area contributed by atoms with Crippen LogP contribution in [0, 0.1) is 6.92 Å². The summed E-state index contributed by atoms with van der Waals surface area (Å²) in [6, 6.07) is 3.51. The van der Waals surface area contributed by atoms with Gasteiger partial charge in [0.05, 0.1) is 30.0 Å². The molecule has 4 aromatic rings. The van der Waals surface area contributed by atoms with Gasteiger partial charge in [-0.05, 0) is 19.9 Å². The van der Waals surface area contributed by atoms with Gasteiger partial charge in [0.25, 0.3) is 5.91 Å². The third-order valence-electron chi connectivity index (χ3n) is 4.42. The van der Waals surface area contributed by atoms with Gasteiger partial charge in [-0.15, -0.1) is 0 Å². The molecule has 0 radical (unpaired) electrons. The molecule has 10 heteroatoms. The normalized spacial score (nSPS) is 11.2. The van der Waals surface area contributed by atoms with Gasteiger partial charge in [-0.2, -0.15) is 15.3 Å². The first kappa shape index (κ1) is 17.9. The Morgan fingerprint density at radius 2 is 2.14 bits per heavy atom. The van der Waals surface area contributed by atoms with E-state index >= 15 is 0 Å². The van der Waals surface area contributed by atoms with Crippen LogP contribution in [0.1, 0.15) is 23.1 Å². The van der Waals surface area contributed by atoms with Gasteiger partial charge in [0.2, 0.25) is 0 Å². The monoisotopic (exact) mass is 380 g/mol. The summed E-state index contributed by atoms with van der Waals surface area (Å²) in [7, 11) is 1.58. The number of fused-ring (bicyclic) bond motifs is 1. The lowest BCUT2D eigenvalue weighted by Crippen LogP contribution is -2.12. The maximum atomic E-state index is 12.6. The van der Waals surface area contributed by atoms with Crippen molar-refractivity contribution in [2.45, 2.75) is 27.1 Å². The molecule has 0 saturated carbocycles. The minimum Gasteiger partial charge on any atom is -0.362 e. The highest BCUT2D eigenvalue weighted by atomic mass is 16.5. The van der Waals surface area contributed by atoms with E-state index in [0.29, 0.717) is 18.1 Å². The smallest absolute Gasteiger partial charge is 0.276 e. The molecule has 0 aromatic carbocycles. The molecule has 1 N–H and O–H groups in total. The first-order valence-electron chi connectivity index (χ1n) is 8.81. The summed E-state index contributed by atoms with van der Waals surface area (Å²) in [4.78, 5) is 16.9. The van der Waals surface area contributed by atoms with Crippen LogP contribution >= 0.6 is 0 Å². The Kier molecular flexibility index (Phi) is 4.62. The first-order valence-corrected chi connectivity index (χ1v) is 8.81. The Bertz CT molecular complexity index is 1140. The molecule has 28 heavy (non-hydrogen) atoms. The molecule has 10 nitrogen and oxygen atoms in total. The van der Waals surface area contributed by atoms with Gasteiger partial charge in [0.1, 0.15) is 6.73 Å². The van der Waals surface area contributed by atoms with E-state index in [0.717, 1.165) is 23.5 Å². The van der Waals surface area contributed by atoms with Crippen molar-refractivity contribution in [1.29, 1.82) is 0 Å². The number of amides is 1. The third kappa shape index (κ3) is 3.14. The summed E-state index contributed by atoms with van der Waals surface area (Å²) >= 11 is 0. The van der Waals surface area contributed by atoms with Crippen LogP contribution < -0.4 is 5.32 Å². The lowest BCUT2D eigenvalue weighted by molar-refractivity contribution is 0.102.